The third-order valence-corrected chi connectivity index (χ3v) is 7.45. The van der Waals surface area contributed by atoms with Crippen LogP contribution in [0.5, 0.6) is 0 Å². The Balaban J connectivity index is 1.38. The number of hydrogen-bond acceptors (Lipinski definition) is 6. The number of carboxylic acid groups (broad SMARTS) is 1. The fraction of sp³-hybridized carbons (Fsp3) is 0.120. The first kappa shape index (κ1) is 23.6. The van der Waals surface area contributed by atoms with Gasteiger partial charge in [0.1, 0.15) is 5.76 Å². The number of rotatable bonds is 9. The maximum Gasteiger partial charge on any atom is 0.337 e. The number of thioether (sulfide) groups is 1. The highest BCUT2D eigenvalue weighted by Crippen LogP contribution is 2.26. The molecule has 9 heteroatoms. The molecule has 0 radical (unpaired) electrons. The van der Waals surface area contributed by atoms with E-state index < -0.39 is 16.0 Å². The molecule has 4 rings (SSSR count). The van der Waals surface area contributed by atoms with E-state index in [9.17, 15) is 18.3 Å². The molecular formula is C25H22N2O5S2. The molecule has 0 saturated heterocycles. The van der Waals surface area contributed by atoms with Crippen LogP contribution in [0.4, 0.5) is 5.69 Å². The van der Waals surface area contributed by atoms with Crippen LogP contribution in [0.25, 0.3) is 11.5 Å². The van der Waals surface area contributed by atoms with Gasteiger partial charge < -0.3 is 9.52 Å². The number of aryl methyl sites for hydroxylation is 2. The van der Waals surface area contributed by atoms with Gasteiger partial charge in [-0.25, -0.2) is 18.2 Å². The zero-order valence-corrected chi connectivity index (χ0v) is 19.9. The van der Waals surface area contributed by atoms with Gasteiger partial charge >= 0.3 is 5.97 Å². The number of sulfonamides is 1. The van der Waals surface area contributed by atoms with Crippen LogP contribution in [-0.2, 0) is 16.4 Å². The van der Waals surface area contributed by atoms with Crippen molar-refractivity contribution >= 4 is 33.4 Å². The maximum atomic E-state index is 12.7. The lowest BCUT2D eigenvalue weighted by Crippen LogP contribution is -2.15. The summed E-state index contributed by atoms with van der Waals surface area (Å²) in [6.45, 7) is 1.90. The number of hydrogen-bond donors (Lipinski definition) is 2. The van der Waals surface area contributed by atoms with Crippen LogP contribution in [0.2, 0.25) is 0 Å². The summed E-state index contributed by atoms with van der Waals surface area (Å²) in [6.07, 6.45) is 0.709. The maximum absolute atomic E-state index is 12.7. The molecule has 4 aromatic rings. The highest BCUT2D eigenvalue weighted by atomic mass is 32.2. The van der Waals surface area contributed by atoms with Crippen molar-refractivity contribution in [2.45, 2.75) is 23.1 Å². The molecule has 0 amide bonds. The van der Waals surface area contributed by atoms with E-state index in [0.717, 1.165) is 27.7 Å². The molecule has 1 heterocycles. The predicted octanol–water partition coefficient (Wildman–Crippen LogP) is 5.48. The van der Waals surface area contributed by atoms with Gasteiger partial charge in [-0.1, -0.05) is 30.3 Å². The summed E-state index contributed by atoms with van der Waals surface area (Å²) >= 11 is 1.58. The van der Waals surface area contributed by atoms with Crippen molar-refractivity contribution in [1.82, 2.24) is 4.98 Å². The van der Waals surface area contributed by atoms with Gasteiger partial charge in [-0.15, -0.1) is 11.8 Å². The number of carbonyl (C=O) groups is 1. The number of benzene rings is 3. The molecular weight excluding hydrogens is 472 g/mol. The van der Waals surface area contributed by atoms with Crippen LogP contribution in [0.15, 0.2) is 93.1 Å². The van der Waals surface area contributed by atoms with E-state index in [1.54, 1.807) is 30.0 Å². The first-order valence-corrected chi connectivity index (χ1v) is 12.9. The van der Waals surface area contributed by atoms with Gasteiger partial charge in [-0.2, -0.15) is 0 Å². The topological polar surface area (TPSA) is 110 Å². The van der Waals surface area contributed by atoms with Crippen LogP contribution in [0.1, 0.15) is 21.8 Å². The normalized spacial score (nSPS) is 11.3. The van der Waals surface area contributed by atoms with Crippen LogP contribution in [-0.4, -0.2) is 30.2 Å². The first-order valence-electron chi connectivity index (χ1n) is 10.4. The highest BCUT2D eigenvalue weighted by Gasteiger charge is 2.18. The molecule has 0 atom stereocenters. The SMILES string of the molecule is Cc1oc(-c2ccccc2)nc1CCSc1ccc(S(=O)(=O)Nc2ccccc2C(=O)O)cc1. The molecule has 0 fully saturated rings. The Kier molecular flexibility index (Phi) is 7.04. The lowest BCUT2D eigenvalue weighted by molar-refractivity contribution is 0.0698. The van der Waals surface area contributed by atoms with Gasteiger partial charge in [0.25, 0.3) is 10.0 Å². The average Bonchev–Trinajstić information content (AvgIpc) is 3.20. The summed E-state index contributed by atoms with van der Waals surface area (Å²) < 4.78 is 33.6. The number of carboxylic acids is 1. The predicted molar refractivity (Wildman–Crippen MR) is 132 cm³/mol. The number of para-hydroxylation sites is 1. The minimum Gasteiger partial charge on any atom is -0.478 e. The second-order valence-electron chi connectivity index (χ2n) is 7.41. The molecule has 0 spiro atoms. The summed E-state index contributed by atoms with van der Waals surface area (Å²) in [5.41, 5.74) is 1.73. The third-order valence-electron chi connectivity index (χ3n) is 5.06. The largest absolute Gasteiger partial charge is 0.478 e. The second kappa shape index (κ2) is 10.1. The quantitative estimate of drug-likeness (QED) is 0.296. The Morgan fingerprint density at radius 2 is 1.68 bits per heavy atom. The lowest BCUT2D eigenvalue weighted by Gasteiger charge is -2.11. The highest BCUT2D eigenvalue weighted by molar-refractivity contribution is 7.99. The number of nitrogens with zero attached hydrogens (tertiary/aromatic N) is 1. The monoisotopic (exact) mass is 494 g/mol. The molecule has 0 saturated carbocycles. The zero-order valence-electron chi connectivity index (χ0n) is 18.3. The Hall–Kier alpha value is -3.56. The fourth-order valence-corrected chi connectivity index (χ4v) is 5.25. The standard InChI is InChI=1S/C25H22N2O5S2/c1-17-22(26-24(32-17)18-7-3-2-4-8-18)15-16-33-19-11-13-20(14-12-19)34(30,31)27-23-10-6-5-9-21(23)25(28)29/h2-14,27H,15-16H2,1H3,(H,28,29). The van der Waals surface area contributed by atoms with Gasteiger partial charge in [0, 0.05) is 22.6 Å². The summed E-state index contributed by atoms with van der Waals surface area (Å²) in [5.74, 6) is 0.930. The Bertz CT molecular complexity index is 1400. The summed E-state index contributed by atoms with van der Waals surface area (Å²) in [7, 11) is -3.92. The van der Waals surface area contributed by atoms with Crippen molar-refractivity contribution in [3.05, 3.63) is 95.9 Å². The van der Waals surface area contributed by atoms with Gasteiger partial charge in [0.05, 0.1) is 21.8 Å². The Morgan fingerprint density at radius 1 is 1.00 bits per heavy atom. The number of aromatic carboxylic acids is 1. The Labute approximate surface area is 201 Å². The summed E-state index contributed by atoms with van der Waals surface area (Å²) in [5, 5.41) is 9.26. The molecule has 0 bridgehead atoms. The van der Waals surface area contributed by atoms with E-state index >= 15 is 0 Å². The third kappa shape index (κ3) is 5.49. The smallest absolute Gasteiger partial charge is 0.337 e. The molecule has 0 aliphatic heterocycles. The van der Waals surface area contributed by atoms with Crippen molar-refractivity contribution in [3.8, 4) is 11.5 Å². The van der Waals surface area contributed by atoms with Gasteiger partial charge in [0.15, 0.2) is 0 Å². The van der Waals surface area contributed by atoms with Crippen molar-refractivity contribution < 1.29 is 22.7 Å². The van der Waals surface area contributed by atoms with Crippen molar-refractivity contribution in [2.75, 3.05) is 10.5 Å². The number of oxazole rings is 1. The van der Waals surface area contributed by atoms with Crippen molar-refractivity contribution in [3.63, 3.8) is 0 Å². The van der Waals surface area contributed by atoms with Crippen LogP contribution < -0.4 is 4.72 Å². The van der Waals surface area contributed by atoms with Gasteiger partial charge in [-0.3, -0.25) is 4.72 Å². The van der Waals surface area contributed by atoms with Gasteiger partial charge in [0.2, 0.25) is 5.89 Å². The molecule has 7 nitrogen and oxygen atoms in total. The summed E-state index contributed by atoms with van der Waals surface area (Å²) in [4.78, 5) is 16.9. The van der Waals surface area contributed by atoms with Crippen LogP contribution >= 0.6 is 11.8 Å². The van der Waals surface area contributed by atoms with E-state index in [-0.39, 0.29) is 16.1 Å². The molecule has 174 valence electrons. The second-order valence-corrected chi connectivity index (χ2v) is 10.3. The van der Waals surface area contributed by atoms with Gasteiger partial charge in [-0.05, 0) is 55.5 Å². The number of anilines is 1. The van der Waals surface area contributed by atoms with E-state index in [1.807, 2.05) is 37.3 Å². The van der Waals surface area contributed by atoms with Crippen LogP contribution in [0, 0.1) is 6.92 Å². The number of nitrogens with one attached hydrogen (secondary N) is 1. The minimum absolute atomic E-state index is 0.0197. The molecule has 34 heavy (non-hydrogen) atoms. The van der Waals surface area contributed by atoms with Crippen LogP contribution in [0.3, 0.4) is 0 Å². The molecule has 3 aromatic carbocycles. The van der Waals surface area contributed by atoms with E-state index in [2.05, 4.69) is 9.71 Å². The minimum atomic E-state index is -3.92. The van der Waals surface area contributed by atoms with E-state index in [1.165, 1.54) is 30.3 Å². The first-order chi connectivity index (χ1) is 16.3. The van der Waals surface area contributed by atoms with Crippen molar-refractivity contribution in [1.29, 1.82) is 0 Å². The van der Waals surface area contributed by atoms with Crippen molar-refractivity contribution in [2.24, 2.45) is 0 Å². The number of aromatic nitrogens is 1. The van der Waals surface area contributed by atoms with E-state index in [4.69, 9.17) is 4.42 Å². The Morgan fingerprint density at radius 3 is 2.38 bits per heavy atom. The molecule has 0 aliphatic rings. The molecule has 0 unspecified atom stereocenters. The van der Waals surface area contributed by atoms with E-state index in [0.29, 0.717) is 12.3 Å². The molecule has 2 N–H and O–H groups in total. The fourth-order valence-electron chi connectivity index (χ4n) is 3.31. The summed E-state index contributed by atoms with van der Waals surface area (Å²) in [6, 6.07) is 22.1. The zero-order chi connectivity index (χ0) is 24.1. The average molecular weight is 495 g/mol. The lowest BCUT2D eigenvalue weighted by atomic mass is 10.2. The molecule has 0 aliphatic carbocycles. The molecule has 1 aromatic heterocycles.